The van der Waals surface area contributed by atoms with Crippen LogP contribution in [0.5, 0.6) is 0 Å². The van der Waals surface area contributed by atoms with Crippen molar-refractivity contribution in [3.05, 3.63) is 18.0 Å². The molecule has 2 N–H and O–H groups in total. The predicted molar refractivity (Wildman–Crippen MR) is 66.2 cm³/mol. The van der Waals surface area contributed by atoms with Gasteiger partial charge in [-0.2, -0.15) is 5.10 Å². The molecule has 0 amide bonds. The minimum absolute atomic E-state index is 0.425. The predicted octanol–water partition coefficient (Wildman–Crippen LogP) is 2.35. The summed E-state index contributed by atoms with van der Waals surface area (Å²) in [5, 5.41) is 4.33. The summed E-state index contributed by atoms with van der Waals surface area (Å²) in [5.41, 5.74) is 7.47. The number of aryl methyl sites for hydroxylation is 1. The van der Waals surface area contributed by atoms with E-state index in [4.69, 9.17) is 5.73 Å². The highest BCUT2D eigenvalue weighted by atomic mass is 15.3. The Balaban J connectivity index is 1.92. The van der Waals surface area contributed by atoms with Crippen LogP contribution >= 0.6 is 0 Å². The second-order valence-corrected chi connectivity index (χ2v) is 5.05. The van der Waals surface area contributed by atoms with Crippen LogP contribution in [0.1, 0.15) is 44.6 Å². The fourth-order valence-electron chi connectivity index (χ4n) is 2.71. The Morgan fingerprint density at radius 3 is 3.00 bits per heavy atom. The molecule has 0 radical (unpaired) electrons. The van der Waals surface area contributed by atoms with Crippen LogP contribution < -0.4 is 5.73 Å². The van der Waals surface area contributed by atoms with Gasteiger partial charge in [-0.1, -0.05) is 19.3 Å². The fraction of sp³-hybridized carbons (Fsp3) is 0.769. The molecule has 16 heavy (non-hydrogen) atoms. The summed E-state index contributed by atoms with van der Waals surface area (Å²) < 4.78 is 2.01. The van der Waals surface area contributed by atoms with Gasteiger partial charge in [0.05, 0.1) is 6.20 Å². The SMILES string of the molecule is CCn1cc(CC2CCCCC(N)C2)cn1. The topological polar surface area (TPSA) is 43.8 Å². The van der Waals surface area contributed by atoms with Gasteiger partial charge in [-0.15, -0.1) is 0 Å². The van der Waals surface area contributed by atoms with Crippen molar-refractivity contribution < 1.29 is 0 Å². The van der Waals surface area contributed by atoms with Gasteiger partial charge < -0.3 is 5.73 Å². The first-order valence-corrected chi connectivity index (χ1v) is 6.55. The third-order valence-electron chi connectivity index (χ3n) is 3.61. The van der Waals surface area contributed by atoms with Crippen LogP contribution in [0.25, 0.3) is 0 Å². The lowest BCUT2D eigenvalue weighted by atomic mass is 9.92. The third-order valence-corrected chi connectivity index (χ3v) is 3.61. The molecule has 2 atom stereocenters. The van der Waals surface area contributed by atoms with E-state index in [-0.39, 0.29) is 0 Å². The van der Waals surface area contributed by atoms with Gasteiger partial charge in [0.1, 0.15) is 0 Å². The standard InChI is InChI=1S/C13H23N3/c1-2-16-10-12(9-15-16)7-11-5-3-4-6-13(14)8-11/h9-11,13H,2-8,14H2,1H3. The van der Waals surface area contributed by atoms with Crippen LogP contribution in [-0.4, -0.2) is 15.8 Å². The van der Waals surface area contributed by atoms with E-state index in [1.807, 2.05) is 10.9 Å². The van der Waals surface area contributed by atoms with Crippen LogP contribution in [-0.2, 0) is 13.0 Å². The zero-order valence-corrected chi connectivity index (χ0v) is 10.2. The monoisotopic (exact) mass is 221 g/mol. The van der Waals surface area contributed by atoms with Gasteiger partial charge in [0.25, 0.3) is 0 Å². The normalized spacial score (nSPS) is 26.6. The van der Waals surface area contributed by atoms with Crippen LogP contribution in [0.3, 0.4) is 0 Å². The molecule has 1 heterocycles. The van der Waals surface area contributed by atoms with Gasteiger partial charge in [0.2, 0.25) is 0 Å². The van der Waals surface area contributed by atoms with Crippen molar-refractivity contribution in [3.63, 3.8) is 0 Å². The minimum Gasteiger partial charge on any atom is -0.328 e. The average molecular weight is 221 g/mol. The molecule has 1 fully saturated rings. The van der Waals surface area contributed by atoms with Crippen molar-refractivity contribution in [2.45, 2.75) is 58.0 Å². The molecule has 3 nitrogen and oxygen atoms in total. The Morgan fingerprint density at radius 2 is 2.25 bits per heavy atom. The zero-order chi connectivity index (χ0) is 11.4. The molecule has 0 aliphatic heterocycles. The van der Waals surface area contributed by atoms with Gasteiger partial charge in [0.15, 0.2) is 0 Å². The van der Waals surface area contributed by atoms with Gasteiger partial charge in [-0.25, -0.2) is 0 Å². The average Bonchev–Trinajstić information content (AvgIpc) is 2.62. The zero-order valence-electron chi connectivity index (χ0n) is 10.2. The Bertz CT molecular complexity index is 319. The fourth-order valence-corrected chi connectivity index (χ4v) is 2.71. The van der Waals surface area contributed by atoms with Crippen molar-refractivity contribution in [1.29, 1.82) is 0 Å². The highest BCUT2D eigenvalue weighted by Crippen LogP contribution is 2.25. The third kappa shape index (κ3) is 3.08. The van der Waals surface area contributed by atoms with Gasteiger partial charge in [0, 0.05) is 18.8 Å². The lowest BCUT2D eigenvalue weighted by molar-refractivity contribution is 0.431. The molecule has 1 aliphatic carbocycles. The first kappa shape index (κ1) is 11.6. The highest BCUT2D eigenvalue weighted by Gasteiger charge is 2.18. The van der Waals surface area contributed by atoms with Crippen molar-refractivity contribution in [1.82, 2.24) is 9.78 Å². The summed E-state index contributed by atoms with van der Waals surface area (Å²) in [7, 11) is 0. The van der Waals surface area contributed by atoms with Gasteiger partial charge in [-0.05, 0) is 37.7 Å². The lowest BCUT2D eigenvalue weighted by Gasteiger charge is -2.15. The molecule has 0 aromatic carbocycles. The molecule has 1 aromatic rings. The van der Waals surface area contributed by atoms with E-state index in [0.29, 0.717) is 6.04 Å². The molecule has 1 aliphatic rings. The molecule has 0 bridgehead atoms. The smallest absolute Gasteiger partial charge is 0.0521 e. The number of hydrogen-bond acceptors (Lipinski definition) is 2. The second kappa shape index (κ2) is 5.48. The Hall–Kier alpha value is -0.830. The van der Waals surface area contributed by atoms with E-state index in [9.17, 15) is 0 Å². The van der Waals surface area contributed by atoms with Crippen molar-refractivity contribution in [3.8, 4) is 0 Å². The van der Waals surface area contributed by atoms with Crippen LogP contribution in [0.4, 0.5) is 0 Å². The van der Waals surface area contributed by atoms with Crippen molar-refractivity contribution >= 4 is 0 Å². The summed E-state index contributed by atoms with van der Waals surface area (Å²) in [5.74, 6) is 0.770. The minimum atomic E-state index is 0.425. The summed E-state index contributed by atoms with van der Waals surface area (Å²) in [6.07, 6.45) is 11.8. The van der Waals surface area contributed by atoms with Gasteiger partial charge in [-0.3, -0.25) is 4.68 Å². The van der Waals surface area contributed by atoms with Crippen molar-refractivity contribution in [2.24, 2.45) is 11.7 Å². The number of nitrogens with two attached hydrogens (primary N) is 1. The molecule has 2 unspecified atom stereocenters. The Kier molecular flexibility index (Phi) is 3.99. The maximum atomic E-state index is 6.09. The number of hydrogen-bond donors (Lipinski definition) is 1. The van der Waals surface area contributed by atoms with Crippen LogP contribution in [0.15, 0.2) is 12.4 Å². The molecule has 2 rings (SSSR count). The lowest BCUT2D eigenvalue weighted by Crippen LogP contribution is -2.22. The summed E-state index contributed by atoms with van der Waals surface area (Å²) in [4.78, 5) is 0. The van der Waals surface area contributed by atoms with E-state index in [1.165, 1.54) is 37.7 Å². The van der Waals surface area contributed by atoms with E-state index < -0.39 is 0 Å². The highest BCUT2D eigenvalue weighted by molar-refractivity contribution is 5.05. The van der Waals surface area contributed by atoms with Crippen LogP contribution in [0, 0.1) is 5.92 Å². The number of nitrogens with zero attached hydrogens (tertiary/aromatic N) is 2. The molecule has 0 spiro atoms. The maximum Gasteiger partial charge on any atom is 0.0521 e. The molecule has 3 heteroatoms. The number of aromatic nitrogens is 2. The molecular weight excluding hydrogens is 198 g/mol. The van der Waals surface area contributed by atoms with E-state index >= 15 is 0 Å². The van der Waals surface area contributed by atoms with Crippen LogP contribution in [0.2, 0.25) is 0 Å². The van der Waals surface area contributed by atoms with E-state index in [2.05, 4.69) is 18.2 Å². The molecule has 1 saturated carbocycles. The van der Waals surface area contributed by atoms with E-state index in [0.717, 1.165) is 18.9 Å². The van der Waals surface area contributed by atoms with Crippen molar-refractivity contribution in [2.75, 3.05) is 0 Å². The summed E-state index contributed by atoms with van der Waals surface area (Å²) in [6.45, 7) is 3.09. The molecule has 90 valence electrons. The van der Waals surface area contributed by atoms with E-state index in [1.54, 1.807) is 0 Å². The molecule has 1 aromatic heterocycles. The maximum absolute atomic E-state index is 6.09. The first-order valence-electron chi connectivity index (χ1n) is 6.55. The Labute approximate surface area is 98.0 Å². The summed E-state index contributed by atoms with van der Waals surface area (Å²) >= 11 is 0. The molecule has 0 saturated heterocycles. The first-order chi connectivity index (χ1) is 7.78. The largest absolute Gasteiger partial charge is 0.328 e. The summed E-state index contributed by atoms with van der Waals surface area (Å²) in [6, 6.07) is 0.425. The van der Waals surface area contributed by atoms with Gasteiger partial charge >= 0.3 is 0 Å². The molecular formula is C13H23N3. The number of rotatable bonds is 3. The quantitative estimate of drug-likeness (QED) is 0.796. The second-order valence-electron chi connectivity index (χ2n) is 5.05. The Morgan fingerprint density at radius 1 is 1.44 bits per heavy atom.